The molecule has 0 atom stereocenters. The summed E-state index contributed by atoms with van der Waals surface area (Å²) in [5.41, 5.74) is 6.24. The molecule has 2 rings (SSSR count). The van der Waals surface area contributed by atoms with Crippen LogP contribution in [0, 0.1) is 21.3 Å². The fourth-order valence-electron chi connectivity index (χ4n) is 1.70. The molecule has 0 aromatic heterocycles. The van der Waals surface area contributed by atoms with E-state index >= 15 is 0 Å². The number of nitrogen functional groups attached to an aromatic ring is 1. The van der Waals surface area contributed by atoms with Gasteiger partial charge in [-0.3, -0.25) is 15.5 Å². The molecule has 0 radical (unpaired) electrons. The molecule has 2 aromatic carbocycles. The van der Waals surface area contributed by atoms with Crippen LogP contribution in [0.4, 0.5) is 10.1 Å². The number of rotatable bonds is 5. The predicted octanol–water partition coefficient (Wildman–Crippen LogP) is 2.60. The molecule has 0 heterocycles. The topological polar surface area (TPSA) is 102 Å². The van der Waals surface area contributed by atoms with Crippen LogP contribution >= 0.6 is 0 Å². The van der Waals surface area contributed by atoms with Crippen molar-refractivity contribution >= 4 is 11.5 Å². The third kappa shape index (κ3) is 3.53. The fraction of sp³-hybridized carbons (Fsp3) is 0.0714. The molecule has 3 N–H and O–H groups in total. The minimum absolute atomic E-state index is 0.00274. The smallest absolute Gasteiger partial charge is 0.313 e. The van der Waals surface area contributed by atoms with Crippen molar-refractivity contribution in [3.63, 3.8) is 0 Å². The van der Waals surface area contributed by atoms with Crippen molar-refractivity contribution in [1.29, 1.82) is 5.41 Å². The number of nitro groups is 1. The lowest BCUT2D eigenvalue weighted by Crippen LogP contribution is -2.10. The van der Waals surface area contributed by atoms with Crippen LogP contribution in [0.3, 0.4) is 0 Å². The van der Waals surface area contributed by atoms with Gasteiger partial charge in [0.1, 0.15) is 18.3 Å². The molecule has 0 saturated carbocycles. The van der Waals surface area contributed by atoms with E-state index in [0.29, 0.717) is 5.56 Å². The standard InChI is InChI=1S/C14H12FN3O3/c15-11-5-6-13(12(7-11)18(19)20)21-8-9-1-3-10(4-2-9)14(16)17/h1-7H,8H2,(H3,16,17). The summed E-state index contributed by atoms with van der Waals surface area (Å²) < 4.78 is 18.3. The van der Waals surface area contributed by atoms with Gasteiger partial charge in [0, 0.05) is 5.56 Å². The van der Waals surface area contributed by atoms with Gasteiger partial charge in [0.05, 0.1) is 11.0 Å². The number of hydrogen-bond donors (Lipinski definition) is 2. The van der Waals surface area contributed by atoms with Gasteiger partial charge in [-0.15, -0.1) is 0 Å². The molecule has 21 heavy (non-hydrogen) atoms. The van der Waals surface area contributed by atoms with Crippen molar-refractivity contribution in [2.24, 2.45) is 5.73 Å². The summed E-state index contributed by atoms with van der Waals surface area (Å²) in [6, 6.07) is 9.84. The van der Waals surface area contributed by atoms with Gasteiger partial charge in [-0.25, -0.2) is 4.39 Å². The number of amidine groups is 1. The molecule has 6 nitrogen and oxygen atoms in total. The molecule has 0 spiro atoms. The number of nitrogens with zero attached hydrogens (tertiary/aromatic N) is 1. The maximum atomic E-state index is 13.0. The van der Waals surface area contributed by atoms with E-state index < -0.39 is 16.4 Å². The number of nitrogens with two attached hydrogens (primary N) is 1. The van der Waals surface area contributed by atoms with Crippen molar-refractivity contribution in [3.05, 3.63) is 69.5 Å². The Balaban J connectivity index is 2.13. The average molecular weight is 289 g/mol. The molecule has 0 aliphatic rings. The quantitative estimate of drug-likeness (QED) is 0.382. The Morgan fingerprint density at radius 2 is 1.95 bits per heavy atom. The van der Waals surface area contributed by atoms with Crippen LogP contribution in [0.15, 0.2) is 42.5 Å². The second-order valence-electron chi connectivity index (χ2n) is 4.27. The third-order valence-corrected chi connectivity index (χ3v) is 2.78. The first-order chi connectivity index (χ1) is 9.97. The Hall–Kier alpha value is -2.96. The predicted molar refractivity (Wildman–Crippen MR) is 74.8 cm³/mol. The molecule has 0 aliphatic heterocycles. The maximum absolute atomic E-state index is 13.0. The minimum atomic E-state index is -0.697. The van der Waals surface area contributed by atoms with Crippen molar-refractivity contribution in [1.82, 2.24) is 0 Å². The highest BCUT2D eigenvalue weighted by Crippen LogP contribution is 2.28. The summed E-state index contributed by atoms with van der Waals surface area (Å²) in [6.45, 7) is 0.0880. The minimum Gasteiger partial charge on any atom is -0.482 e. The van der Waals surface area contributed by atoms with Gasteiger partial charge in [-0.2, -0.15) is 0 Å². The zero-order valence-corrected chi connectivity index (χ0v) is 10.9. The number of benzene rings is 2. The van der Waals surface area contributed by atoms with Crippen molar-refractivity contribution in [2.45, 2.75) is 6.61 Å². The van der Waals surface area contributed by atoms with E-state index in [1.54, 1.807) is 24.3 Å². The Bertz CT molecular complexity index is 686. The Kier molecular flexibility index (Phi) is 4.13. The molecule has 2 aromatic rings. The molecule has 0 amide bonds. The lowest BCUT2D eigenvalue weighted by Gasteiger charge is -2.07. The first-order valence-corrected chi connectivity index (χ1v) is 5.97. The van der Waals surface area contributed by atoms with Gasteiger partial charge >= 0.3 is 5.69 Å². The highest BCUT2D eigenvalue weighted by atomic mass is 19.1. The van der Waals surface area contributed by atoms with Gasteiger partial charge < -0.3 is 10.5 Å². The Morgan fingerprint density at radius 3 is 2.52 bits per heavy atom. The Morgan fingerprint density at radius 1 is 1.29 bits per heavy atom. The van der Waals surface area contributed by atoms with Gasteiger partial charge in [-0.05, 0) is 17.7 Å². The number of nitrogens with one attached hydrogen (secondary N) is 1. The molecular weight excluding hydrogens is 277 g/mol. The van der Waals surface area contributed by atoms with Crippen LogP contribution in [0.5, 0.6) is 5.75 Å². The molecule has 0 unspecified atom stereocenters. The van der Waals surface area contributed by atoms with Crippen LogP contribution in [0.2, 0.25) is 0 Å². The van der Waals surface area contributed by atoms with E-state index in [1.165, 1.54) is 6.07 Å². The first kappa shape index (κ1) is 14.4. The summed E-state index contributed by atoms with van der Waals surface area (Å²) in [5, 5.41) is 18.1. The summed E-state index contributed by atoms with van der Waals surface area (Å²) in [5.74, 6) is -0.742. The van der Waals surface area contributed by atoms with Crippen molar-refractivity contribution in [2.75, 3.05) is 0 Å². The van der Waals surface area contributed by atoms with Crippen molar-refractivity contribution in [3.8, 4) is 5.75 Å². The van der Waals surface area contributed by atoms with Crippen LogP contribution < -0.4 is 10.5 Å². The largest absolute Gasteiger partial charge is 0.482 e. The van der Waals surface area contributed by atoms with E-state index in [4.69, 9.17) is 15.9 Å². The van der Waals surface area contributed by atoms with E-state index in [1.807, 2.05) is 0 Å². The molecule has 0 aliphatic carbocycles. The van der Waals surface area contributed by atoms with Gasteiger partial charge in [0.25, 0.3) is 0 Å². The molecule has 7 heteroatoms. The number of nitro benzene ring substituents is 1. The number of hydrogen-bond acceptors (Lipinski definition) is 4. The van der Waals surface area contributed by atoms with Gasteiger partial charge in [-0.1, -0.05) is 24.3 Å². The number of halogens is 1. The second kappa shape index (κ2) is 6.00. The van der Waals surface area contributed by atoms with Gasteiger partial charge in [0.2, 0.25) is 0 Å². The third-order valence-electron chi connectivity index (χ3n) is 2.78. The molecular formula is C14H12FN3O3. The maximum Gasteiger partial charge on any atom is 0.313 e. The lowest BCUT2D eigenvalue weighted by atomic mass is 10.1. The van der Waals surface area contributed by atoms with Crippen LogP contribution in [0.25, 0.3) is 0 Å². The van der Waals surface area contributed by atoms with E-state index in [2.05, 4.69) is 0 Å². The highest BCUT2D eigenvalue weighted by molar-refractivity contribution is 5.94. The zero-order chi connectivity index (χ0) is 15.4. The van der Waals surface area contributed by atoms with Crippen LogP contribution in [-0.4, -0.2) is 10.8 Å². The van der Waals surface area contributed by atoms with E-state index in [0.717, 1.165) is 17.7 Å². The summed E-state index contributed by atoms with van der Waals surface area (Å²) in [4.78, 5) is 10.1. The van der Waals surface area contributed by atoms with E-state index in [-0.39, 0.29) is 18.2 Å². The highest BCUT2D eigenvalue weighted by Gasteiger charge is 2.16. The zero-order valence-electron chi connectivity index (χ0n) is 10.9. The summed E-state index contributed by atoms with van der Waals surface area (Å²) in [7, 11) is 0. The molecule has 0 bridgehead atoms. The summed E-state index contributed by atoms with van der Waals surface area (Å²) >= 11 is 0. The van der Waals surface area contributed by atoms with Crippen molar-refractivity contribution < 1.29 is 14.1 Å². The normalized spacial score (nSPS) is 10.1. The first-order valence-electron chi connectivity index (χ1n) is 5.97. The SMILES string of the molecule is N=C(N)c1ccc(COc2ccc(F)cc2[N+](=O)[O-])cc1. The average Bonchev–Trinajstić information content (AvgIpc) is 2.46. The Labute approximate surface area is 119 Å². The molecule has 0 saturated heterocycles. The second-order valence-corrected chi connectivity index (χ2v) is 4.27. The van der Waals surface area contributed by atoms with Crippen LogP contribution in [0.1, 0.15) is 11.1 Å². The molecule has 108 valence electrons. The summed E-state index contributed by atoms with van der Waals surface area (Å²) in [6.07, 6.45) is 0. The van der Waals surface area contributed by atoms with Crippen LogP contribution in [-0.2, 0) is 6.61 Å². The number of ether oxygens (including phenoxy) is 1. The molecule has 0 fully saturated rings. The monoisotopic (exact) mass is 289 g/mol. The fourth-order valence-corrected chi connectivity index (χ4v) is 1.70. The van der Waals surface area contributed by atoms with Gasteiger partial charge in [0.15, 0.2) is 5.75 Å². The van der Waals surface area contributed by atoms with E-state index in [9.17, 15) is 14.5 Å². The lowest BCUT2D eigenvalue weighted by molar-refractivity contribution is -0.386.